The molecule has 106 valence electrons. The van der Waals surface area contributed by atoms with Gasteiger partial charge < -0.3 is 10.2 Å². The predicted octanol–water partition coefficient (Wildman–Crippen LogP) is 2.43. The van der Waals surface area contributed by atoms with Gasteiger partial charge in [-0.1, -0.05) is 6.07 Å². The van der Waals surface area contributed by atoms with Crippen molar-refractivity contribution in [2.75, 3.05) is 25.5 Å². The van der Waals surface area contributed by atoms with Crippen LogP contribution in [0.4, 0.5) is 10.5 Å². The zero-order valence-corrected chi connectivity index (χ0v) is 13.2. The molecule has 1 saturated heterocycles. The molecule has 0 unspecified atom stereocenters. The van der Waals surface area contributed by atoms with Crippen LogP contribution in [0.1, 0.15) is 12.5 Å². The van der Waals surface area contributed by atoms with Crippen molar-refractivity contribution in [1.82, 2.24) is 10.2 Å². The minimum atomic E-state index is -0.368. The van der Waals surface area contributed by atoms with Gasteiger partial charge in [-0.25, -0.2) is 4.79 Å². The molecule has 1 N–H and O–H groups in total. The third kappa shape index (κ3) is 2.70. The first kappa shape index (κ1) is 14.6. The molecule has 1 heterocycles. The van der Waals surface area contributed by atoms with Crippen molar-refractivity contribution in [3.8, 4) is 0 Å². The van der Waals surface area contributed by atoms with Gasteiger partial charge in [0, 0.05) is 25.1 Å². The Labute approximate surface area is 126 Å². The molecule has 0 atom stereocenters. The van der Waals surface area contributed by atoms with Crippen molar-refractivity contribution in [2.24, 2.45) is 0 Å². The van der Waals surface area contributed by atoms with Crippen LogP contribution in [0.25, 0.3) is 6.08 Å². The Kier molecular flexibility index (Phi) is 4.13. The van der Waals surface area contributed by atoms with Crippen LogP contribution in [0.3, 0.4) is 0 Å². The van der Waals surface area contributed by atoms with Gasteiger partial charge in [-0.3, -0.25) is 9.69 Å². The Balaban J connectivity index is 2.30. The smallest absolute Gasteiger partial charge is 0.328 e. The van der Waals surface area contributed by atoms with E-state index in [4.69, 9.17) is 0 Å². The first-order valence-corrected chi connectivity index (χ1v) is 7.04. The van der Waals surface area contributed by atoms with E-state index in [0.717, 1.165) is 15.7 Å². The van der Waals surface area contributed by atoms with E-state index in [1.54, 1.807) is 13.0 Å². The number of nitrogens with one attached hydrogen (secondary N) is 1. The Morgan fingerprint density at radius 2 is 2.05 bits per heavy atom. The third-order valence-corrected chi connectivity index (χ3v) is 3.68. The fourth-order valence-corrected chi connectivity index (χ4v) is 2.75. The lowest BCUT2D eigenvalue weighted by Crippen LogP contribution is -2.30. The number of benzene rings is 1. The number of rotatable bonds is 3. The van der Waals surface area contributed by atoms with Gasteiger partial charge in [0.05, 0.1) is 5.69 Å². The van der Waals surface area contributed by atoms with Crippen LogP contribution < -0.4 is 10.2 Å². The highest BCUT2D eigenvalue weighted by Gasteiger charge is 2.31. The lowest BCUT2D eigenvalue weighted by Gasteiger charge is -2.14. The lowest BCUT2D eigenvalue weighted by atomic mass is 10.1. The lowest BCUT2D eigenvalue weighted by molar-refractivity contribution is -0.122. The van der Waals surface area contributed by atoms with Crippen molar-refractivity contribution >= 4 is 39.6 Å². The maximum absolute atomic E-state index is 12.0. The summed E-state index contributed by atoms with van der Waals surface area (Å²) in [6.45, 7) is 2.13. The van der Waals surface area contributed by atoms with Gasteiger partial charge in [0.25, 0.3) is 5.91 Å². The molecule has 20 heavy (non-hydrogen) atoms. The highest BCUT2D eigenvalue weighted by atomic mass is 79.9. The molecule has 1 fully saturated rings. The Morgan fingerprint density at radius 3 is 2.55 bits per heavy atom. The number of carbonyl (C=O) groups excluding carboxylic acids is 2. The van der Waals surface area contributed by atoms with Crippen molar-refractivity contribution in [3.05, 3.63) is 33.9 Å². The number of nitrogens with zero attached hydrogens (tertiary/aromatic N) is 2. The molecule has 1 aliphatic rings. The zero-order chi connectivity index (χ0) is 14.9. The molecule has 2 rings (SSSR count). The van der Waals surface area contributed by atoms with Crippen molar-refractivity contribution < 1.29 is 9.59 Å². The summed E-state index contributed by atoms with van der Waals surface area (Å²) in [5.41, 5.74) is 2.20. The summed E-state index contributed by atoms with van der Waals surface area (Å²) >= 11 is 3.50. The van der Waals surface area contributed by atoms with Crippen molar-refractivity contribution in [2.45, 2.75) is 6.92 Å². The minimum Gasteiger partial charge on any atom is -0.377 e. The Morgan fingerprint density at radius 1 is 1.35 bits per heavy atom. The maximum atomic E-state index is 12.0. The van der Waals surface area contributed by atoms with E-state index in [0.29, 0.717) is 12.2 Å². The quantitative estimate of drug-likeness (QED) is 0.680. The van der Waals surface area contributed by atoms with E-state index in [1.807, 2.05) is 37.2 Å². The second-order valence-electron chi connectivity index (χ2n) is 4.64. The second kappa shape index (κ2) is 5.66. The standard InChI is InChI=1S/C14H16BrN3O2/c1-4-18-13(19)11(16-14(18)20)8-9-5-6-12(17(2)3)10(15)7-9/h5-8H,4H2,1-3H3,(H,16,20)/b11-8+. The molecular weight excluding hydrogens is 322 g/mol. The first-order chi connectivity index (χ1) is 9.43. The monoisotopic (exact) mass is 337 g/mol. The minimum absolute atomic E-state index is 0.287. The highest BCUT2D eigenvalue weighted by molar-refractivity contribution is 9.10. The summed E-state index contributed by atoms with van der Waals surface area (Å²) in [5.74, 6) is -0.287. The summed E-state index contributed by atoms with van der Waals surface area (Å²) in [6.07, 6.45) is 1.68. The van der Waals surface area contributed by atoms with Gasteiger partial charge in [-0.05, 0) is 46.6 Å². The molecule has 1 aromatic rings. The SMILES string of the molecule is CCN1C(=O)N/C(=C/c2ccc(N(C)C)c(Br)c2)C1=O. The van der Waals surface area contributed by atoms with E-state index < -0.39 is 0 Å². The van der Waals surface area contributed by atoms with Crippen LogP contribution in [0.2, 0.25) is 0 Å². The van der Waals surface area contributed by atoms with Gasteiger partial charge in [0.15, 0.2) is 0 Å². The number of halogens is 1. The van der Waals surface area contributed by atoms with Gasteiger partial charge in [0.2, 0.25) is 0 Å². The summed E-state index contributed by atoms with van der Waals surface area (Å²) in [7, 11) is 3.91. The van der Waals surface area contributed by atoms with E-state index >= 15 is 0 Å². The number of hydrogen-bond acceptors (Lipinski definition) is 3. The molecule has 3 amide bonds. The van der Waals surface area contributed by atoms with Crippen molar-refractivity contribution in [1.29, 1.82) is 0 Å². The first-order valence-electron chi connectivity index (χ1n) is 6.25. The number of carbonyl (C=O) groups is 2. The zero-order valence-electron chi connectivity index (χ0n) is 11.6. The molecule has 5 nitrogen and oxygen atoms in total. The van der Waals surface area contributed by atoms with Gasteiger partial charge in [-0.2, -0.15) is 0 Å². The maximum Gasteiger partial charge on any atom is 0.328 e. The summed E-state index contributed by atoms with van der Waals surface area (Å²) in [4.78, 5) is 26.7. The summed E-state index contributed by atoms with van der Waals surface area (Å²) in [5, 5.41) is 2.58. The van der Waals surface area contributed by atoms with E-state index in [9.17, 15) is 9.59 Å². The van der Waals surface area contributed by atoms with Gasteiger partial charge >= 0.3 is 6.03 Å². The van der Waals surface area contributed by atoms with Gasteiger partial charge in [0.1, 0.15) is 5.70 Å². The normalized spacial score (nSPS) is 16.8. The number of likely N-dealkylation sites (N-methyl/N-ethyl adjacent to an activating group) is 1. The third-order valence-electron chi connectivity index (χ3n) is 3.04. The Hall–Kier alpha value is -1.82. The number of anilines is 1. The molecule has 0 aliphatic carbocycles. The number of amides is 3. The van der Waals surface area contributed by atoms with Crippen LogP contribution in [-0.4, -0.2) is 37.5 Å². The average Bonchev–Trinajstić information content (AvgIpc) is 2.63. The predicted molar refractivity (Wildman–Crippen MR) is 82.4 cm³/mol. The van der Waals surface area contributed by atoms with E-state index in [2.05, 4.69) is 21.2 Å². The molecule has 1 aromatic carbocycles. The van der Waals surface area contributed by atoms with Crippen LogP contribution in [0.15, 0.2) is 28.4 Å². The number of urea groups is 1. The van der Waals surface area contributed by atoms with Gasteiger partial charge in [-0.15, -0.1) is 0 Å². The highest BCUT2D eigenvalue weighted by Crippen LogP contribution is 2.27. The molecular formula is C14H16BrN3O2. The fourth-order valence-electron chi connectivity index (χ4n) is 2.00. The molecule has 0 radical (unpaired) electrons. The van der Waals surface area contributed by atoms with Crippen LogP contribution in [-0.2, 0) is 4.79 Å². The Bertz CT molecular complexity index is 596. The van der Waals surface area contributed by atoms with E-state index in [1.165, 1.54) is 4.90 Å². The summed E-state index contributed by atoms with van der Waals surface area (Å²) < 4.78 is 0.931. The molecule has 0 bridgehead atoms. The molecule has 1 aliphatic heterocycles. The van der Waals surface area contributed by atoms with Crippen LogP contribution in [0.5, 0.6) is 0 Å². The number of hydrogen-bond donors (Lipinski definition) is 1. The fraction of sp³-hybridized carbons (Fsp3) is 0.286. The summed E-state index contributed by atoms with van der Waals surface area (Å²) in [6, 6.07) is 5.40. The van der Waals surface area contributed by atoms with Crippen LogP contribution in [0, 0.1) is 0 Å². The van der Waals surface area contributed by atoms with Crippen LogP contribution >= 0.6 is 15.9 Å². The average molecular weight is 338 g/mol. The molecule has 0 saturated carbocycles. The molecule has 0 spiro atoms. The topological polar surface area (TPSA) is 52.7 Å². The largest absolute Gasteiger partial charge is 0.377 e. The molecule has 0 aromatic heterocycles. The molecule has 6 heteroatoms. The van der Waals surface area contributed by atoms with Crippen molar-refractivity contribution in [3.63, 3.8) is 0 Å². The second-order valence-corrected chi connectivity index (χ2v) is 5.50. The van der Waals surface area contributed by atoms with E-state index in [-0.39, 0.29) is 11.9 Å². The number of imide groups is 1.